The SMILES string of the molecule is Cc1ccccc1O[C@@H](C)CC(=O)O. The number of rotatable bonds is 4. The van der Waals surface area contributed by atoms with Crippen LogP contribution >= 0.6 is 0 Å². The summed E-state index contributed by atoms with van der Waals surface area (Å²) in [5.74, 6) is -0.0904. The molecule has 0 aliphatic carbocycles. The lowest BCUT2D eigenvalue weighted by atomic mass is 10.2. The number of carbonyl (C=O) groups is 1. The van der Waals surface area contributed by atoms with E-state index >= 15 is 0 Å². The molecule has 0 heterocycles. The first-order valence-electron chi connectivity index (χ1n) is 4.53. The van der Waals surface area contributed by atoms with E-state index in [4.69, 9.17) is 9.84 Å². The number of hydrogen-bond donors (Lipinski definition) is 1. The second-order valence-corrected chi connectivity index (χ2v) is 3.29. The molecular weight excluding hydrogens is 180 g/mol. The standard InChI is InChI=1S/C11H14O3/c1-8-5-3-4-6-10(8)14-9(2)7-11(12)13/h3-6,9H,7H2,1-2H3,(H,12,13)/t9-/m0/s1. The predicted octanol–water partition coefficient (Wildman–Crippen LogP) is 2.24. The number of aryl methyl sites for hydroxylation is 1. The Balaban J connectivity index is 2.60. The van der Waals surface area contributed by atoms with E-state index in [9.17, 15) is 4.79 Å². The van der Waals surface area contributed by atoms with E-state index in [2.05, 4.69) is 0 Å². The third-order valence-corrected chi connectivity index (χ3v) is 1.88. The zero-order valence-electron chi connectivity index (χ0n) is 8.36. The number of carboxylic acids is 1. The van der Waals surface area contributed by atoms with Gasteiger partial charge in [0, 0.05) is 0 Å². The molecule has 1 N–H and O–H groups in total. The Labute approximate surface area is 83.3 Å². The van der Waals surface area contributed by atoms with Crippen LogP contribution in [0.25, 0.3) is 0 Å². The van der Waals surface area contributed by atoms with Gasteiger partial charge in [-0.05, 0) is 25.5 Å². The van der Waals surface area contributed by atoms with E-state index in [1.165, 1.54) is 0 Å². The number of hydrogen-bond acceptors (Lipinski definition) is 2. The highest BCUT2D eigenvalue weighted by Crippen LogP contribution is 2.18. The molecule has 0 radical (unpaired) electrons. The summed E-state index contributed by atoms with van der Waals surface area (Å²) in [6.07, 6.45) is -0.275. The third kappa shape index (κ3) is 3.09. The van der Waals surface area contributed by atoms with Crippen LogP contribution in [0.2, 0.25) is 0 Å². The van der Waals surface area contributed by atoms with Gasteiger partial charge >= 0.3 is 5.97 Å². The Morgan fingerprint density at radius 1 is 1.50 bits per heavy atom. The number of carboxylic acid groups (broad SMARTS) is 1. The van der Waals surface area contributed by atoms with Crippen LogP contribution in [0.3, 0.4) is 0 Å². The zero-order chi connectivity index (χ0) is 10.6. The Morgan fingerprint density at radius 2 is 2.14 bits per heavy atom. The largest absolute Gasteiger partial charge is 0.490 e. The third-order valence-electron chi connectivity index (χ3n) is 1.88. The molecule has 0 unspecified atom stereocenters. The fourth-order valence-corrected chi connectivity index (χ4v) is 1.19. The van der Waals surface area contributed by atoms with E-state index in [1.807, 2.05) is 31.2 Å². The smallest absolute Gasteiger partial charge is 0.307 e. The molecule has 0 spiro atoms. The summed E-state index contributed by atoms with van der Waals surface area (Å²) in [4.78, 5) is 10.4. The topological polar surface area (TPSA) is 46.5 Å². The number of ether oxygens (including phenoxy) is 1. The van der Waals surface area contributed by atoms with E-state index in [0.717, 1.165) is 11.3 Å². The van der Waals surface area contributed by atoms with E-state index in [-0.39, 0.29) is 12.5 Å². The lowest BCUT2D eigenvalue weighted by Crippen LogP contribution is -2.16. The molecule has 1 aromatic rings. The molecule has 0 amide bonds. The van der Waals surface area contributed by atoms with Gasteiger partial charge in [0.05, 0.1) is 6.42 Å². The molecule has 3 heteroatoms. The van der Waals surface area contributed by atoms with Gasteiger partial charge in [0.25, 0.3) is 0 Å². The number of benzene rings is 1. The molecule has 1 aromatic carbocycles. The highest BCUT2D eigenvalue weighted by atomic mass is 16.5. The quantitative estimate of drug-likeness (QED) is 0.799. The van der Waals surface area contributed by atoms with Crippen LogP contribution in [0, 0.1) is 6.92 Å². The maximum atomic E-state index is 10.4. The molecule has 0 aromatic heterocycles. The van der Waals surface area contributed by atoms with E-state index in [0.29, 0.717) is 0 Å². The van der Waals surface area contributed by atoms with E-state index < -0.39 is 5.97 Å². The van der Waals surface area contributed by atoms with Gasteiger partial charge in [0.1, 0.15) is 11.9 Å². The molecule has 0 fully saturated rings. The summed E-state index contributed by atoms with van der Waals surface area (Å²) in [5.41, 5.74) is 1.02. The fraction of sp³-hybridized carbons (Fsp3) is 0.364. The van der Waals surface area contributed by atoms with Gasteiger partial charge in [-0.15, -0.1) is 0 Å². The first-order valence-corrected chi connectivity index (χ1v) is 4.53. The highest BCUT2D eigenvalue weighted by molar-refractivity contribution is 5.67. The molecule has 0 aliphatic heterocycles. The van der Waals surface area contributed by atoms with Crippen molar-refractivity contribution in [3.63, 3.8) is 0 Å². The fourth-order valence-electron chi connectivity index (χ4n) is 1.19. The summed E-state index contributed by atoms with van der Waals surface area (Å²) < 4.78 is 5.48. The van der Waals surface area contributed by atoms with Gasteiger partial charge in [0.2, 0.25) is 0 Å². The summed E-state index contributed by atoms with van der Waals surface area (Å²) in [5, 5.41) is 8.55. The summed E-state index contributed by atoms with van der Waals surface area (Å²) >= 11 is 0. The predicted molar refractivity (Wildman–Crippen MR) is 53.5 cm³/mol. The normalized spacial score (nSPS) is 12.1. The molecule has 0 saturated carbocycles. The van der Waals surface area contributed by atoms with Crippen LogP contribution in [0.1, 0.15) is 18.9 Å². The number of para-hydroxylation sites is 1. The molecule has 0 aliphatic rings. The average molecular weight is 194 g/mol. The van der Waals surface area contributed by atoms with Gasteiger partial charge < -0.3 is 9.84 Å². The van der Waals surface area contributed by atoms with Crippen molar-refractivity contribution in [1.82, 2.24) is 0 Å². The molecule has 14 heavy (non-hydrogen) atoms. The van der Waals surface area contributed by atoms with Crippen LogP contribution < -0.4 is 4.74 Å². The molecule has 76 valence electrons. The van der Waals surface area contributed by atoms with Gasteiger partial charge in [-0.25, -0.2) is 0 Å². The average Bonchev–Trinajstić information content (AvgIpc) is 2.07. The van der Waals surface area contributed by atoms with Crippen molar-refractivity contribution >= 4 is 5.97 Å². The lowest BCUT2D eigenvalue weighted by Gasteiger charge is -2.14. The molecule has 3 nitrogen and oxygen atoms in total. The van der Waals surface area contributed by atoms with Gasteiger partial charge in [-0.3, -0.25) is 4.79 Å². The minimum Gasteiger partial charge on any atom is -0.490 e. The molecule has 1 atom stereocenters. The minimum atomic E-state index is -0.842. The number of aliphatic carboxylic acids is 1. The highest BCUT2D eigenvalue weighted by Gasteiger charge is 2.09. The van der Waals surface area contributed by atoms with Crippen LogP contribution in [0.5, 0.6) is 5.75 Å². The van der Waals surface area contributed by atoms with Crippen molar-refractivity contribution in [3.05, 3.63) is 29.8 Å². The monoisotopic (exact) mass is 194 g/mol. The Hall–Kier alpha value is -1.51. The van der Waals surface area contributed by atoms with Crippen molar-refractivity contribution in [2.24, 2.45) is 0 Å². The lowest BCUT2D eigenvalue weighted by molar-refractivity contribution is -0.138. The molecular formula is C11H14O3. The minimum absolute atomic E-state index is 0.0222. The zero-order valence-corrected chi connectivity index (χ0v) is 8.36. The first kappa shape index (κ1) is 10.6. The van der Waals surface area contributed by atoms with Crippen molar-refractivity contribution in [2.75, 3.05) is 0 Å². The van der Waals surface area contributed by atoms with Crippen molar-refractivity contribution in [3.8, 4) is 5.75 Å². The van der Waals surface area contributed by atoms with Crippen LogP contribution in [0.4, 0.5) is 0 Å². The van der Waals surface area contributed by atoms with E-state index in [1.54, 1.807) is 6.92 Å². The Morgan fingerprint density at radius 3 is 2.71 bits per heavy atom. The van der Waals surface area contributed by atoms with Crippen molar-refractivity contribution in [1.29, 1.82) is 0 Å². The summed E-state index contributed by atoms with van der Waals surface area (Å²) in [6, 6.07) is 7.57. The van der Waals surface area contributed by atoms with Gasteiger partial charge in [0.15, 0.2) is 0 Å². The van der Waals surface area contributed by atoms with Crippen LogP contribution in [-0.2, 0) is 4.79 Å². The maximum Gasteiger partial charge on any atom is 0.307 e. The van der Waals surface area contributed by atoms with Crippen LogP contribution in [0.15, 0.2) is 24.3 Å². The summed E-state index contributed by atoms with van der Waals surface area (Å²) in [7, 11) is 0. The second kappa shape index (κ2) is 4.65. The maximum absolute atomic E-state index is 10.4. The van der Waals surface area contributed by atoms with Crippen LogP contribution in [-0.4, -0.2) is 17.2 Å². The molecule has 1 rings (SSSR count). The van der Waals surface area contributed by atoms with Crippen molar-refractivity contribution in [2.45, 2.75) is 26.4 Å². The second-order valence-electron chi connectivity index (χ2n) is 3.29. The van der Waals surface area contributed by atoms with Crippen molar-refractivity contribution < 1.29 is 14.6 Å². The molecule has 0 saturated heterocycles. The van der Waals surface area contributed by atoms with Gasteiger partial charge in [-0.2, -0.15) is 0 Å². The Kier molecular flexibility index (Phi) is 3.51. The first-order chi connectivity index (χ1) is 6.59. The summed E-state index contributed by atoms with van der Waals surface area (Å²) in [6.45, 7) is 3.68. The molecule has 0 bridgehead atoms. The van der Waals surface area contributed by atoms with Gasteiger partial charge in [-0.1, -0.05) is 18.2 Å². The Bertz CT molecular complexity index is 320.